The maximum atomic E-state index is 10.3. The van der Waals surface area contributed by atoms with Crippen molar-refractivity contribution in [3.8, 4) is 0 Å². The van der Waals surface area contributed by atoms with Crippen LogP contribution < -0.4 is 0 Å². The van der Waals surface area contributed by atoms with Crippen LogP contribution in [-0.4, -0.2) is 0 Å². The van der Waals surface area contributed by atoms with Gasteiger partial charge in [0, 0.05) is 22.4 Å². The molecule has 0 spiro atoms. The van der Waals surface area contributed by atoms with Crippen molar-refractivity contribution in [1.29, 1.82) is 0 Å². The summed E-state index contributed by atoms with van der Waals surface area (Å²) in [7, 11) is 0. The first-order valence-electron chi connectivity index (χ1n) is 1.01. The van der Waals surface area contributed by atoms with Gasteiger partial charge < -0.3 is 0 Å². The topological polar surface area (TPSA) is 0 Å². The standard InChI is InChI=1S/C2F4.Au/c3-1(4)2(5)6;. The Labute approximate surface area is 52.7 Å². The molecule has 5 heteroatoms. The van der Waals surface area contributed by atoms with E-state index in [4.69, 9.17) is 0 Å². The first-order valence-corrected chi connectivity index (χ1v) is 1.01. The van der Waals surface area contributed by atoms with Crippen molar-refractivity contribution in [2.45, 2.75) is 0 Å². The van der Waals surface area contributed by atoms with Gasteiger partial charge in [-0.3, -0.25) is 0 Å². The molecule has 0 atom stereocenters. The summed E-state index contributed by atoms with van der Waals surface area (Å²) in [5, 5.41) is 0. The van der Waals surface area contributed by atoms with Gasteiger partial charge in [0.25, 0.3) is 0 Å². The predicted octanol–water partition coefficient (Wildman–Crippen LogP) is 1.99. The van der Waals surface area contributed by atoms with Crippen LogP contribution in [-0.2, 0) is 22.4 Å². The van der Waals surface area contributed by atoms with Gasteiger partial charge in [-0.1, -0.05) is 0 Å². The number of halogens is 4. The Morgan fingerprint density at radius 2 is 0.857 bits per heavy atom. The molecular weight excluding hydrogens is 297 g/mol. The molecule has 0 aliphatic heterocycles. The molecule has 0 unspecified atom stereocenters. The second-order valence-corrected chi connectivity index (χ2v) is 0.521. The first kappa shape index (κ1) is 10.2. The van der Waals surface area contributed by atoms with Gasteiger partial charge in [-0.15, -0.1) is 0 Å². The Bertz CT molecular complexity index is 59.8. The smallest absolute Gasteiger partial charge is 0.167 e. The van der Waals surface area contributed by atoms with Crippen molar-refractivity contribution >= 4 is 0 Å². The van der Waals surface area contributed by atoms with Gasteiger partial charge in [0.1, 0.15) is 0 Å². The van der Waals surface area contributed by atoms with Crippen LogP contribution in [0.5, 0.6) is 0 Å². The fourth-order valence-electron chi connectivity index (χ4n) is 0. The van der Waals surface area contributed by atoms with Gasteiger partial charge in [-0.25, -0.2) is 0 Å². The maximum Gasteiger partial charge on any atom is 0.334 e. The average Bonchev–Trinajstić information content (AvgIpc) is 1.36. The van der Waals surface area contributed by atoms with Crippen molar-refractivity contribution in [3.63, 3.8) is 0 Å². The Kier molecular flexibility index (Phi) is 6.38. The third-order valence-electron chi connectivity index (χ3n) is 0.143. The normalized spacial score (nSPS) is 6.86. The molecule has 0 heterocycles. The summed E-state index contributed by atoms with van der Waals surface area (Å²) in [5.41, 5.74) is 0. The zero-order valence-electron chi connectivity index (χ0n) is 2.81. The van der Waals surface area contributed by atoms with Crippen LogP contribution in [0.25, 0.3) is 0 Å². The molecule has 0 saturated heterocycles. The molecule has 0 saturated carbocycles. The Balaban J connectivity index is 0. The summed E-state index contributed by atoms with van der Waals surface area (Å²) in [6, 6.07) is 0. The van der Waals surface area contributed by atoms with Gasteiger partial charge in [0.2, 0.25) is 0 Å². The Morgan fingerprint density at radius 3 is 0.857 bits per heavy atom. The second kappa shape index (κ2) is 4.36. The van der Waals surface area contributed by atoms with Crippen molar-refractivity contribution in [3.05, 3.63) is 12.2 Å². The quantitative estimate of drug-likeness (QED) is 0.474. The molecule has 0 bridgehead atoms. The molecule has 1 radical (unpaired) electrons. The third kappa shape index (κ3) is 6.20. The van der Waals surface area contributed by atoms with Crippen molar-refractivity contribution in [1.82, 2.24) is 0 Å². The summed E-state index contributed by atoms with van der Waals surface area (Å²) in [6.07, 6.45) is -5.81. The van der Waals surface area contributed by atoms with Crippen LogP contribution in [0.1, 0.15) is 0 Å². The molecule has 0 N–H and O–H groups in total. The summed E-state index contributed by atoms with van der Waals surface area (Å²) in [4.78, 5) is 0. The fraction of sp³-hybridized carbons (Fsp3) is 0. The van der Waals surface area contributed by atoms with Gasteiger partial charge in [-0.2, -0.15) is 17.6 Å². The van der Waals surface area contributed by atoms with E-state index in [-0.39, 0.29) is 22.4 Å². The summed E-state index contributed by atoms with van der Waals surface area (Å²) < 4.78 is 41.1. The fourth-order valence-corrected chi connectivity index (χ4v) is 0. The van der Waals surface area contributed by atoms with E-state index in [9.17, 15) is 17.6 Å². The molecule has 0 nitrogen and oxygen atoms in total. The Hall–Kier alpha value is 0.200. The van der Waals surface area contributed by atoms with E-state index >= 15 is 0 Å². The SMILES string of the molecule is FC(F)=C(F)F.[Au]. The zero-order valence-corrected chi connectivity index (χ0v) is 4.98. The number of rotatable bonds is 0. The van der Waals surface area contributed by atoms with E-state index in [1.165, 1.54) is 0 Å². The van der Waals surface area contributed by atoms with E-state index < -0.39 is 12.2 Å². The summed E-state index contributed by atoms with van der Waals surface area (Å²) in [6.45, 7) is 0. The van der Waals surface area contributed by atoms with Gasteiger partial charge in [0.15, 0.2) is 0 Å². The molecule has 7 heavy (non-hydrogen) atoms. The minimum absolute atomic E-state index is 0. The van der Waals surface area contributed by atoms with Crippen molar-refractivity contribution in [2.24, 2.45) is 0 Å². The molecule has 0 aromatic heterocycles. The molecule has 0 aromatic carbocycles. The van der Waals surface area contributed by atoms with Gasteiger partial charge in [-0.05, 0) is 0 Å². The molecule has 0 rings (SSSR count). The molecule has 0 aliphatic carbocycles. The minimum Gasteiger partial charge on any atom is -0.167 e. The number of hydrogen-bond acceptors (Lipinski definition) is 0. The third-order valence-corrected chi connectivity index (χ3v) is 0.143. The summed E-state index contributed by atoms with van der Waals surface area (Å²) >= 11 is 0. The summed E-state index contributed by atoms with van der Waals surface area (Å²) in [5.74, 6) is 0. The predicted molar refractivity (Wildman–Crippen MR) is 11.5 cm³/mol. The van der Waals surface area contributed by atoms with E-state index in [2.05, 4.69) is 0 Å². The largest absolute Gasteiger partial charge is 0.334 e. The molecular formula is C2AuF4. The first-order chi connectivity index (χ1) is 2.64. The van der Waals surface area contributed by atoms with Crippen molar-refractivity contribution in [2.75, 3.05) is 0 Å². The van der Waals surface area contributed by atoms with Crippen LogP contribution in [0.4, 0.5) is 17.6 Å². The average molecular weight is 297 g/mol. The van der Waals surface area contributed by atoms with Crippen LogP contribution in [0.3, 0.4) is 0 Å². The van der Waals surface area contributed by atoms with Crippen LogP contribution in [0.2, 0.25) is 0 Å². The second-order valence-electron chi connectivity index (χ2n) is 0.521. The van der Waals surface area contributed by atoms with E-state index in [1.54, 1.807) is 0 Å². The molecule has 0 amide bonds. The van der Waals surface area contributed by atoms with Crippen LogP contribution in [0, 0.1) is 0 Å². The van der Waals surface area contributed by atoms with Crippen LogP contribution in [0.15, 0.2) is 12.2 Å². The zero-order chi connectivity index (χ0) is 5.15. The minimum atomic E-state index is -2.91. The maximum absolute atomic E-state index is 10.3. The van der Waals surface area contributed by atoms with E-state index in [0.717, 1.165) is 0 Å². The number of hydrogen-bond donors (Lipinski definition) is 0. The molecule has 47 valence electrons. The van der Waals surface area contributed by atoms with Crippen molar-refractivity contribution < 1.29 is 39.9 Å². The van der Waals surface area contributed by atoms with Gasteiger partial charge in [0.05, 0.1) is 0 Å². The molecule has 0 aliphatic rings. The van der Waals surface area contributed by atoms with Gasteiger partial charge >= 0.3 is 12.2 Å². The monoisotopic (exact) mass is 297 g/mol. The Morgan fingerprint density at radius 1 is 0.714 bits per heavy atom. The molecule has 0 fully saturated rings. The van der Waals surface area contributed by atoms with Crippen LogP contribution >= 0.6 is 0 Å². The van der Waals surface area contributed by atoms with E-state index in [1.807, 2.05) is 0 Å². The molecule has 0 aromatic rings. The van der Waals surface area contributed by atoms with E-state index in [0.29, 0.717) is 0 Å².